The average molecular weight is 268 g/mol. The molecule has 0 aromatic heterocycles. The molecule has 0 aliphatic heterocycles. The van der Waals surface area contributed by atoms with E-state index < -0.39 is 0 Å². The zero-order valence-electron chi connectivity index (χ0n) is 11.2. The highest BCUT2D eigenvalue weighted by molar-refractivity contribution is 6.17. The minimum atomic E-state index is 0.0174. The second-order valence-electron chi connectivity index (χ2n) is 4.66. The quantitative estimate of drug-likeness (QED) is 0.749. The molecule has 0 fully saturated rings. The molecule has 18 heavy (non-hydrogen) atoms. The van der Waals surface area contributed by atoms with E-state index in [4.69, 9.17) is 11.6 Å². The Morgan fingerprint density at radius 3 is 2.67 bits per heavy atom. The van der Waals surface area contributed by atoms with Crippen molar-refractivity contribution in [3.05, 3.63) is 35.4 Å². The summed E-state index contributed by atoms with van der Waals surface area (Å²) in [6, 6.07) is 7.65. The molecule has 1 aromatic rings. The zero-order valence-corrected chi connectivity index (χ0v) is 12.0. The number of halogens is 1. The van der Waals surface area contributed by atoms with Crippen LogP contribution in [0.3, 0.4) is 0 Å². The number of alkyl halides is 1. The van der Waals surface area contributed by atoms with E-state index in [1.54, 1.807) is 0 Å². The van der Waals surface area contributed by atoms with Crippen molar-refractivity contribution < 1.29 is 4.79 Å². The monoisotopic (exact) mass is 267 g/mol. The maximum atomic E-state index is 12.0. The maximum Gasteiger partial charge on any atom is 0.251 e. The molecule has 1 amide bonds. The van der Waals surface area contributed by atoms with Crippen LogP contribution in [-0.2, 0) is 0 Å². The molecule has 0 spiro atoms. The van der Waals surface area contributed by atoms with Gasteiger partial charge in [-0.15, -0.1) is 11.6 Å². The van der Waals surface area contributed by atoms with Gasteiger partial charge in [-0.1, -0.05) is 31.5 Å². The molecule has 0 aliphatic rings. The number of hydrogen-bond acceptors (Lipinski definition) is 1. The summed E-state index contributed by atoms with van der Waals surface area (Å²) in [5.41, 5.74) is 1.78. The second kappa shape index (κ2) is 8.15. The summed E-state index contributed by atoms with van der Waals surface area (Å²) in [5.74, 6) is 1.16. The highest BCUT2D eigenvalue weighted by Crippen LogP contribution is 2.12. The van der Waals surface area contributed by atoms with E-state index in [2.05, 4.69) is 12.2 Å². The summed E-state index contributed by atoms with van der Waals surface area (Å²) in [6.07, 6.45) is 3.20. The first kappa shape index (κ1) is 15.0. The molecule has 1 atom stereocenters. The van der Waals surface area contributed by atoms with E-state index in [0.717, 1.165) is 30.4 Å². The SMILES string of the molecule is CCCC(CCCl)CNC(=O)c1ccccc1C. The van der Waals surface area contributed by atoms with Gasteiger partial charge in [-0.25, -0.2) is 0 Å². The third-order valence-electron chi connectivity index (χ3n) is 3.16. The molecular weight excluding hydrogens is 246 g/mol. The number of aryl methyl sites for hydroxylation is 1. The number of rotatable bonds is 7. The lowest BCUT2D eigenvalue weighted by Crippen LogP contribution is -2.30. The summed E-state index contributed by atoms with van der Waals surface area (Å²) in [7, 11) is 0. The molecule has 2 nitrogen and oxygen atoms in total. The predicted molar refractivity (Wildman–Crippen MR) is 77.2 cm³/mol. The molecular formula is C15H22ClNO. The van der Waals surface area contributed by atoms with Crippen LogP contribution in [0.2, 0.25) is 0 Å². The Labute approximate surface area is 115 Å². The van der Waals surface area contributed by atoms with Crippen LogP contribution in [0.1, 0.15) is 42.1 Å². The van der Waals surface area contributed by atoms with Crippen molar-refractivity contribution in [3.63, 3.8) is 0 Å². The molecule has 0 saturated heterocycles. The molecule has 0 saturated carbocycles. The van der Waals surface area contributed by atoms with Gasteiger partial charge in [0.25, 0.3) is 5.91 Å². The molecule has 1 aromatic carbocycles. The summed E-state index contributed by atoms with van der Waals surface area (Å²) in [5, 5.41) is 3.01. The van der Waals surface area contributed by atoms with E-state index in [1.165, 1.54) is 0 Å². The maximum absolute atomic E-state index is 12.0. The largest absolute Gasteiger partial charge is 0.352 e. The Morgan fingerprint density at radius 2 is 2.06 bits per heavy atom. The summed E-state index contributed by atoms with van der Waals surface area (Å²) in [6.45, 7) is 4.83. The summed E-state index contributed by atoms with van der Waals surface area (Å²) in [4.78, 5) is 12.0. The molecule has 1 unspecified atom stereocenters. The van der Waals surface area contributed by atoms with Crippen molar-refractivity contribution in [2.75, 3.05) is 12.4 Å². The second-order valence-corrected chi connectivity index (χ2v) is 5.04. The molecule has 1 rings (SSSR count). The smallest absolute Gasteiger partial charge is 0.251 e. The van der Waals surface area contributed by atoms with Crippen molar-refractivity contribution in [2.24, 2.45) is 5.92 Å². The summed E-state index contributed by atoms with van der Waals surface area (Å²) < 4.78 is 0. The van der Waals surface area contributed by atoms with E-state index >= 15 is 0 Å². The highest BCUT2D eigenvalue weighted by Gasteiger charge is 2.11. The van der Waals surface area contributed by atoms with Crippen LogP contribution in [0.5, 0.6) is 0 Å². The van der Waals surface area contributed by atoms with Crippen LogP contribution in [0, 0.1) is 12.8 Å². The van der Waals surface area contributed by atoms with Gasteiger partial charge in [0.05, 0.1) is 0 Å². The minimum Gasteiger partial charge on any atom is -0.352 e. The van der Waals surface area contributed by atoms with Crippen LogP contribution in [0.15, 0.2) is 24.3 Å². The van der Waals surface area contributed by atoms with Crippen molar-refractivity contribution in [1.82, 2.24) is 5.32 Å². The normalized spacial score (nSPS) is 12.2. The first-order valence-corrected chi connectivity index (χ1v) is 7.12. The van der Waals surface area contributed by atoms with E-state index in [-0.39, 0.29) is 5.91 Å². The molecule has 0 bridgehead atoms. The Bertz CT molecular complexity index is 373. The topological polar surface area (TPSA) is 29.1 Å². The number of benzene rings is 1. The first-order valence-electron chi connectivity index (χ1n) is 6.58. The van der Waals surface area contributed by atoms with Gasteiger partial charge in [0.2, 0.25) is 0 Å². The van der Waals surface area contributed by atoms with Crippen molar-refractivity contribution in [3.8, 4) is 0 Å². The fourth-order valence-electron chi connectivity index (χ4n) is 2.07. The van der Waals surface area contributed by atoms with Crippen LogP contribution >= 0.6 is 11.6 Å². The number of carbonyl (C=O) groups excluding carboxylic acids is 1. The standard InChI is InChI=1S/C15H22ClNO/c1-3-6-13(9-10-16)11-17-15(18)14-8-5-4-7-12(14)2/h4-5,7-8,13H,3,6,9-11H2,1-2H3,(H,17,18). The average Bonchev–Trinajstić information content (AvgIpc) is 2.36. The van der Waals surface area contributed by atoms with Crippen molar-refractivity contribution >= 4 is 17.5 Å². The van der Waals surface area contributed by atoms with Crippen LogP contribution in [0.4, 0.5) is 0 Å². The molecule has 0 heterocycles. The van der Waals surface area contributed by atoms with Gasteiger partial charge in [-0.05, 0) is 37.3 Å². The minimum absolute atomic E-state index is 0.0174. The third-order valence-corrected chi connectivity index (χ3v) is 3.37. The van der Waals surface area contributed by atoms with Crippen LogP contribution in [0.25, 0.3) is 0 Å². The predicted octanol–water partition coefficient (Wildman–Crippen LogP) is 3.77. The van der Waals surface area contributed by atoms with Crippen molar-refractivity contribution in [1.29, 1.82) is 0 Å². The van der Waals surface area contributed by atoms with E-state index in [1.807, 2.05) is 31.2 Å². The van der Waals surface area contributed by atoms with Crippen LogP contribution in [-0.4, -0.2) is 18.3 Å². The Balaban J connectivity index is 2.52. The third kappa shape index (κ3) is 4.69. The molecule has 1 N–H and O–H groups in total. The lowest BCUT2D eigenvalue weighted by Gasteiger charge is -2.16. The van der Waals surface area contributed by atoms with Gasteiger partial charge in [0, 0.05) is 18.0 Å². The fourth-order valence-corrected chi connectivity index (χ4v) is 2.38. The molecule has 0 radical (unpaired) electrons. The Hall–Kier alpha value is -1.02. The Morgan fingerprint density at radius 1 is 1.33 bits per heavy atom. The molecule has 100 valence electrons. The number of carbonyl (C=O) groups is 1. The fraction of sp³-hybridized carbons (Fsp3) is 0.533. The number of amides is 1. The Kier molecular flexibility index (Phi) is 6.81. The first-order chi connectivity index (χ1) is 8.69. The van der Waals surface area contributed by atoms with E-state index in [0.29, 0.717) is 18.3 Å². The van der Waals surface area contributed by atoms with Gasteiger partial charge in [0.1, 0.15) is 0 Å². The summed E-state index contributed by atoms with van der Waals surface area (Å²) >= 11 is 5.78. The molecule has 0 aliphatic carbocycles. The van der Waals surface area contributed by atoms with Gasteiger partial charge in [-0.3, -0.25) is 4.79 Å². The zero-order chi connectivity index (χ0) is 13.4. The van der Waals surface area contributed by atoms with Crippen LogP contribution < -0.4 is 5.32 Å². The van der Waals surface area contributed by atoms with E-state index in [9.17, 15) is 4.79 Å². The lowest BCUT2D eigenvalue weighted by molar-refractivity contribution is 0.0945. The highest BCUT2D eigenvalue weighted by atomic mass is 35.5. The van der Waals surface area contributed by atoms with Crippen molar-refractivity contribution in [2.45, 2.75) is 33.1 Å². The number of nitrogens with one attached hydrogen (secondary N) is 1. The van der Waals surface area contributed by atoms with Gasteiger partial charge in [0.15, 0.2) is 0 Å². The molecule has 3 heteroatoms. The van der Waals surface area contributed by atoms with Gasteiger partial charge in [-0.2, -0.15) is 0 Å². The van der Waals surface area contributed by atoms with Gasteiger partial charge < -0.3 is 5.32 Å². The number of hydrogen-bond donors (Lipinski definition) is 1. The lowest BCUT2D eigenvalue weighted by atomic mass is 10.0. The van der Waals surface area contributed by atoms with Gasteiger partial charge >= 0.3 is 0 Å².